The van der Waals surface area contributed by atoms with Crippen LogP contribution < -0.4 is 15.5 Å². The first-order valence-corrected chi connectivity index (χ1v) is 8.12. The Labute approximate surface area is 149 Å². The van der Waals surface area contributed by atoms with Crippen molar-refractivity contribution in [3.63, 3.8) is 0 Å². The summed E-state index contributed by atoms with van der Waals surface area (Å²) in [6, 6.07) is 12.4. The fourth-order valence-electron chi connectivity index (χ4n) is 2.34. The summed E-state index contributed by atoms with van der Waals surface area (Å²) in [6.07, 6.45) is 0. The average Bonchev–Trinajstić information content (AvgIpc) is 3.06. The number of nitrogens with one attached hydrogen (secondary N) is 2. The van der Waals surface area contributed by atoms with Gasteiger partial charge in [0.25, 0.3) is 11.9 Å². The van der Waals surface area contributed by atoms with E-state index in [4.69, 9.17) is 19.1 Å². The summed E-state index contributed by atoms with van der Waals surface area (Å²) in [5.74, 6) is 0.0917. The molecule has 1 amide bonds. The van der Waals surface area contributed by atoms with E-state index in [1.165, 1.54) is 12.1 Å². The van der Waals surface area contributed by atoms with Crippen LogP contribution in [-0.2, 0) is 4.74 Å². The standard InChI is InChI=1S/C18H19N3O5/c1-2-24-8-9-25-14-5-3-4-13(11-14)19-18-20-15-10-12(17(22)21-23)6-7-16(15)26-18/h3-7,10-11,23H,2,8-9H2,1H3,(H,19,20)(H,21,22). The topological polar surface area (TPSA) is 106 Å². The van der Waals surface area contributed by atoms with Crippen LogP contribution >= 0.6 is 0 Å². The molecule has 0 spiro atoms. The fourth-order valence-corrected chi connectivity index (χ4v) is 2.34. The number of carbonyl (C=O) groups excluding carboxylic acids is 1. The van der Waals surface area contributed by atoms with Gasteiger partial charge < -0.3 is 19.2 Å². The van der Waals surface area contributed by atoms with E-state index < -0.39 is 5.91 Å². The summed E-state index contributed by atoms with van der Waals surface area (Å²) in [6.45, 7) is 3.59. The van der Waals surface area contributed by atoms with Crippen molar-refractivity contribution in [2.24, 2.45) is 0 Å². The van der Waals surface area contributed by atoms with E-state index in [9.17, 15) is 4.79 Å². The summed E-state index contributed by atoms with van der Waals surface area (Å²) in [5, 5.41) is 11.8. The first kappa shape index (κ1) is 17.7. The number of aromatic nitrogens is 1. The Bertz CT molecular complexity index is 893. The number of hydrogen-bond donors (Lipinski definition) is 3. The molecule has 1 heterocycles. The van der Waals surface area contributed by atoms with Crippen LogP contribution in [0.25, 0.3) is 11.1 Å². The number of carbonyl (C=O) groups is 1. The summed E-state index contributed by atoms with van der Waals surface area (Å²) in [5.41, 5.74) is 3.64. The molecule has 3 aromatic rings. The third kappa shape index (κ3) is 4.29. The molecule has 0 bridgehead atoms. The lowest BCUT2D eigenvalue weighted by Crippen LogP contribution is -2.18. The zero-order valence-electron chi connectivity index (χ0n) is 14.2. The summed E-state index contributed by atoms with van der Waals surface area (Å²) >= 11 is 0. The molecule has 8 nitrogen and oxygen atoms in total. The Balaban J connectivity index is 1.71. The maximum Gasteiger partial charge on any atom is 0.300 e. The van der Waals surface area contributed by atoms with Gasteiger partial charge in [-0.05, 0) is 37.3 Å². The van der Waals surface area contributed by atoms with E-state index in [2.05, 4.69) is 10.3 Å². The van der Waals surface area contributed by atoms with Gasteiger partial charge in [0.2, 0.25) is 0 Å². The van der Waals surface area contributed by atoms with Gasteiger partial charge >= 0.3 is 0 Å². The number of amides is 1. The normalized spacial score (nSPS) is 10.7. The van der Waals surface area contributed by atoms with Crippen molar-refractivity contribution in [3.05, 3.63) is 48.0 Å². The number of rotatable bonds is 8. The smallest absolute Gasteiger partial charge is 0.300 e. The molecule has 26 heavy (non-hydrogen) atoms. The zero-order chi connectivity index (χ0) is 18.4. The molecule has 0 radical (unpaired) electrons. The van der Waals surface area contributed by atoms with E-state index in [0.717, 1.165) is 5.69 Å². The Kier molecular flexibility index (Phi) is 5.67. The number of fused-ring (bicyclic) bond motifs is 1. The van der Waals surface area contributed by atoms with Crippen molar-refractivity contribution in [3.8, 4) is 5.75 Å². The Morgan fingerprint density at radius 1 is 1.23 bits per heavy atom. The Hall–Kier alpha value is -3.10. The highest BCUT2D eigenvalue weighted by molar-refractivity contribution is 5.96. The minimum atomic E-state index is -0.610. The van der Waals surface area contributed by atoms with Crippen LogP contribution in [0.4, 0.5) is 11.7 Å². The first-order chi connectivity index (χ1) is 12.7. The van der Waals surface area contributed by atoms with Gasteiger partial charge in [0.15, 0.2) is 5.58 Å². The van der Waals surface area contributed by atoms with Crippen molar-refractivity contribution in [1.29, 1.82) is 0 Å². The lowest BCUT2D eigenvalue weighted by Gasteiger charge is -2.08. The predicted octanol–water partition coefficient (Wildman–Crippen LogP) is 3.11. The third-order valence-corrected chi connectivity index (χ3v) is 3.54. The van der Waals surface area contributed by atoms with E-state index in [1.807, 2.05) is 31.2 Å². The highest BCUT2D eigenvalue weighted by Crippen LogP contribution is 2.25. The number of nitrogens with zero attached hydrogens (tertiary/aromatic N) is 1. The molecule has 0 aliphatic carbocycles. The Morgan fingerprint density at radius 3 is 2.92 bits per heavy atom. The maximum absolute atomic E-state index is 11.5. The molecule has 2 aromatic carbocycles. The number of ether oxygens (including phenoxy) is 2. The highest BCUT2D eigenvalue weighted by Gasteiger charge is 2.10. The highest BCUT2D eigenvalue weighted by atomic mass is 16.5. The van der Waals surface area contributed by atoms with Crippen LogP contribution in [0.2, 0.25) is 0 Å². The lowest BCUT2D eigenvalue weighted by molar-refractivity contribution is 0.0706. The van der Waals surface area contributed by atoms with Crippen LogP contribution in [0.15, 0.2) is 46.9 Å². The number of anilines is 2. The van der Waals surface area contributed by atoms with E-state index in [-0.39, 0.29) is 11.6 Å². The molecule has 0 saturated carbocycles. The summed E-state index contributed by atoms with van der Waals surface area (Å²) in [4.78, 5) is 15.8. The van der Waals surface area contributed by atoms with E-state index >= 15 is 0 Å². The van der Waals surface area contributed by atoms with E-state index in [0.29, 0.717) is 36.7 Å². The first-order valence-electron chi connectivity index (χ1n) is 8.12. The van der Waals surface area contributed by atoms with Crippen LogP contribution in [0, 0.1) is 0 Å². The fraction of sp³-hybridized carbons (Fsp3) is 0.222. The largest absolute Gasteiger partial charge is 0.491 e. The minimum absolute atomic E-state index is 0.282. The average molecular weight is 357 g/mol. The quantitative estimate of drug-likeness (QED) is 0.323. The molecule has 0 unspecified atom stereocenters. The molecule has 8 heteroatoms. The van der Waals surface area contributed by atoms with Crippen LogP contribution in [0.5, 0.6) is 5.75 Å². The molecular formula is C18H19N3O5. The molecule has 3 N–H and O–H groups in total. The van der Waals surface area contributed by atoms with Crippen molar-refractivity contribution in [2.45, 2.75) is 6.92 Å². The van der Waals surface area contributed by atoms with Gasteiger partial charge in [-0.15, -0.1) is 0 Å². The van der Waals surface area contributed by atoms with Crippen molar-refractivity contribution in [2.75, 3.05) is 25.1 Å². The maximum atomic E-state index is 11.5. The molecule has 0 saturated heterocycles. The number of benzene rings is 2. The second kappa shape index (κ2) is 8.32. The second-order valence-corrected chi connectivity index (χ2v) is 5.34. The van der Waals surface area contributed by atoms with Crippen molar-refractivity contribution >= 4 is 28.7 Å². The SMILES string of the molecule is CCOCCOc1cccc(Nc2nc3cc(C(=O)NO)ccc3o2)c1. The molecule has 0 aliphatic rings. The molecule has 0 fully saturated rings. The predicted molar refractivity (Wildman–Crippen MR) is 95.0 cm³/mol. The summed E-state index contributed by atoms with van der Waals surface area (Å²) < 4.78 is 16.5. The Morgan fingerprint density at radius 2 is 2.12 bits per heavy atom. The third-order valence-electron chi connectivity index (χ3n) is 3.54. The summed E-state index contributed by atoms with van der Waals surface area (Å²) in [7, 11) is 0. The second-order valence-electron chi connectivity index (χ2n) is 5.34. The molecule has 136 valence electrons. The van der Waals surface area contributed by atoms with Crippen LogP contribution in [0.1, 0.15) is 17.3 Å². The molecule has 3 rings (SSSR count). The molecular weight excluding hydrogens is 338 g/mol. The molecule has 0 aliphatic heterocycles. The number of hydroxylamine groups is 1. The van der Waals surface area contributed by atoms with Gasteiger partial charge in [-0.1, -0.05) is 6.07 Å². The van der Waals surface area contributed by atoms with Crippen molar-refractivity contribution < 1.29 is 23.9 Å². The van der Waals surface area contributed by atoms with Gasteiger partial charge in [0.05, 0.1) is 6.61 Å². The number of hydrogen-bond acceptors (Lipinski definition) is 7. The molecule has 1 aromatic heterocycles. The van der Waals surface area contributed by atoms with Crippen LogP contribution in [-0.4, -0.2) is 35.9 Å². The number of oxazole rings is 1. The lowest BCUT2D eigenvalue weighted by atomic mass is 10.2. The molecule has 0 atom stereocenters. The van der Waals surface area contributed by atoms with Gasteiger partial charge in [-0.25, -0.2) is 5.48 Å². The monoisotopic (exact) mass is 357 g/mol. The zero-order valence-corrected chi connectivity index (χ0v) is 14.2. The van der Waals surface area contributed by atoms with Gasteiger partial charge in [-0.3, -0.25) is 10.0 Å². The van der Waals surface area contributed by atoms with Gasteiger partial charge in [-0.2, -0.15) is 4.98 Å². The minimum Gasteiger partial charge on any atom is -0.491 e. The van der Waals surface area contributed by atoms with Crippen LogP contribution in [0.3, 0.4) is 0 Å². The van der Waals surface area contributed by atoms with Crippen molar-refractivity contribution in [1.82, 2.24) is 10.5 Å². The van der Waals surface area contributed by atoms with E-state index in [1.54, 1.807) is 11.5 Å². The van der Waals surface area contributed by atoms with Gasteiger partial charge in [0, 0.05) is 23.9 Å². The van der Waals surface area contributed by atoms with Gasteiger partial charge in [0.1, 0.15) is 17.9 Å².